The van der Waals surface area contributed by atoms with Gasteiger partial charge in [-0.3, -0.25) is 4.79 Å². The van der Waals surface area contributed by atoms with Crippen molar-refractivity contribution in [3.63, 3.8) is 0 Å². The third-order valence-corrected chi connectivity index (χ3v) is 4.24. The molecule has 122 valence electrons. The fourth-order valence-electron chi connectivity index (χ4n) is 2.85. The summed E-state index contributed by atoms with van der Waals surface area (Å²) in [6.45, 7) is 5.01. The second kappa shape index (κ2) is 8.49. The van der Waals surface area contributed by atoms with Crippen LogP contribution in [0.25, 0.3) is 0 Å². The molecule has 0 heterocycles. The molecule has 0 saturated carbocycles. The molecule has 2 N–H and O–H groups in total. The van der Waals surface area contributed by atoms with Gasteiger partial charge in [0.2, 0.25) is 0 Å². The van der Waals surface area contributed by atoms with Crippen LogP contribution in [0.1, 0.15) is 35.1 Å². The summed E-state index contributed by atoms with van der Waals surface area (Å²) in [5.41, 5.74) is 5.08. The van der Waals surface area contributed by atoms with Gasteiger partial charge in [-0.1, -0.05) is 48.5 Å². The van der Waals surface area contributed by atoms with Gasteiger partial charge in [-0.05, 0) is 48.9 Å². The molecule has 3 nitrogen and oxygen atoms in total. The standard InChI is InChI=1S/C20H25NO2/c1-15-7-6-8-16(2)19(15)14-21-18(11-12-20(22)23)13-17-9-4-3-5-10-17/h3-10,18,21H,11-14H2,1-2H3,(H,22,23). The molecule has 0 bridgehead atoms. The molecule has 2 aromatic carbocycles. The van der Waals surface area contributed by atoms with Crippen LogP contribution in [0.15, 0.2) is 48.5 Å². The van der Waals surface area contributed by atoms with Crippen LogP contribution < -0.4 is 5.32 Å². The lowest BCUT2D eigenvalue weighted by atomic mass is 9.99. The van der Waals surface area contributed by atoms with Crippen LogP contribution in [-0.4, -0.2) is 17.1 Å². The van der Waals surface area contributed by atoms with Crippen molar-refractivity contribution >= 4 is 5.97 Å². The highest BCUT2D eigenvalue weighted by atomic mass is 16.4. The Kier molecular flexibility index (Phi) is 6.36. The number of carbonyl (C=O) groups is 1. The van der Waals surface area contributed by atoms with Gasteiger partial charge in [0.25, 0.3) is 0 Å². The van der Waals surface area contributed by atoms with Gasteiger partial charge >= 0.3 is 5.97 Å². The highest BCUT2D eigenvalue weighted by Gasteiger charge is 2.12. The van der Waals surface area contributed by atoms with E-state index in [2.05, 4.69) is 49.5 Å². The van der Waals surface area contributed by atoms with E-state index in [-0.39, 0.29) is 12.5 Å². The molecule has 0 saturated heterocycles. The Morgan fingerprint density at radius 2 is 1.70 bits per heavy atom. The zero-order chi connectivity index (χ0) is 16.7. The molecule has 2 aromatic rings. The van der Waals surface area contributed by atoms with Crippen LogP contribution in [0, 0.1) is 13.8 Å². The monoisotopic (exact) mass is 311 g/mol. The first-order valence-corrected chi connectivity index (χ1v) is 8.10. The molecule has 3 heteroatoms. The van der Waals surface area contributed by atoms with Crippen LogP contribution in [0.5, 0.6) is 0 Å². The van der Waals surface area contributed by atoms with E-state index in [1.165, 1.54) is 22.3 Å². The number of hydrogen-bond donors (Lipinski definition) is 2. The average molecular weight is 311 g/mol. The van der Waals surface area contributed by atoms with Crippen molar-refractivity contribution in [2.45, 2.75) is 45.7 Å². The fraction of sp³-hybridized carbons (Fsp3) is 0.350. The molecule has 2 rings (SSSR count). The van der Waals surface area contributed by atoms with Gasteiger partial charge in [0.05, 0.1) is 0 Å². The van der Waals surface area contributed by atoms with Gasteiger partial charge < -0.3 is 10.4 Å². The van der Waals surface area contributed by atoms with Crippen LogP contribution in [-0.2, 0) is 17.8 Å². The Hall–Kier alpha value is -2.13. The van der Waals surface area contributed by atoms with E-state index in [0.717, 1.165) is 13.0 Å². The number of carboxylic acids is 1. The Bertz CT molecular complexity index is 617. The molecule has 0 spiro atoms. The Morgan fingerprint density at radius 3 is 2.30 bits per heavy atom. The van der Waals surface area contributed by atoms with E-state index >= 15 is 0 Å². The number of carboxylic acid groups (broad SMARTS) is 1. The Morgan fingerprint density at radius 1 is 1.04 bits per heavy atom. The molecule has 0 aliphatic carbocycles. The van der Waals surface area contributed by atoms with Crippen molar-refractivity contribution in [3.8, 4) is 0 Å². The first kappa shape index (κ1) is 17.2. The van der Waals surface area contributed by atoms with Crippen molar-refractivity contribution in [2.24, 2.45) is 0 Å². The summed E-state index contributed by atoms with van der Waals surface area (Å²) in [7, 11) is 0. The zero-order valence-corrected chi connectivity index (χ0v) is 13.9. The van der Waals surface area contributed by atoms with Crippen LogP contribution in [0.4, 0.5) is 0 Å². The van der Waals surface area contributed by atoms with Crippen LogP contribution in [0.3, 0.4) is 0 Å². The topological polar surface area (TPSA) is 49.3 Å². The maximum absolute atomic E-state index is 10.9. The number of benzene rings is 2. The second-order valence-electron chi connectivity index (χ2n) is 6.07. The van der Waals surface area contributed by atoms with Crippen molar-refractivity contribution in [1.29, 1.82) is 0 Å². The van der Waals surface area contributed by atoms with Gasteiger partial charge in [-0.15, -0.1) is 0 Å². The number of hydrogen-bond acceptors (Lipinski definition) is 2. The lowest BCUT2D eigenvalue weighted by molar-refractivity contribution is -0.137. The van der Waals surface area contributed by atoms with E-state index in [1.807, 2.05) is 18.2 Å². The van der Waals surface area contributed by atoms with Crippen molar-refractivity contribution in [3.05, 3.63) is 70.8 Å². The maximum Gasteiger partial charge on any atom is 0.303 e. The molecule has 1 atom stereocenters. The predicted octanol–water partition coefficient (Wildman–Crippen LogP) is 3.87. The van der Waals surface area contributed by atoms with E-state index in [0.29, 0.717) is 6.42 Å². The van der Waals surface area contributed by atoms with E-state index in [9.17, 15) is 4.79 Å². The smallest absolute Gasteiger partial charge is 0.303 e. The molecule has 0 aliphatic rings. The molecular weight excluding hydrogens is 286 g/mol. The van der Waals surface area contributed by atoms with E-state index in [4.69, 9.17) is 5.11 Å². The number of rotatable bonds is 8. The van der Waals surface area contributed by atoms with Crippen molar-refractivity contribution in [1.82, 2.24) is 5.32 Å². The maximum atomic E-state index is 10.9. The van der Waals surface area contributed by atoms with Gasteiger partial charge in [0, 0.05) is 19.0 Å². The van der Waals surface area contributed by atoms with Crippen molar-refractivity contribution in [2.75, 3.05) is 0 Å². The van der Waals surface area contributed by atoms with Gasteiger partial charge in [-0.2, -0.15) is 0 Å². The van der Waals surface area contributed by atoms with Crippen molar-refractivity contribution < 1.29 is 9.90 Å². The first-order chi connectivity index (χ1) is 11.1. The molecule has 0 radical (unpaired) electrons. The average Bonchev–Trinajstić information content (AvgIpc) is 2.52. The summed E-state index contributed by atoms with van der Waals surface area (Å²) in [6.07, 6.45) is 1.67. The van der Waals surface area contributed by atoms with Gasteiger partial charge in [0.15, 0.2) is 0 Å². The van der Waals surface area contributed by atoms with Gasteiger partial charge in [-0.25, -0.2) is 0 Å². The lowest BCUT2D eigenvalue weighted by Crippen LogP contribution is -2.32. The lowest BCUT2D eigenvalue weighted by Gasteiger charge is -2.20. The third kappa shape index (κ3) is 5.53. The fourth-order valence-corrected chi connectivity index (χ4v) is 2.85. The molecule has 0 amide bonds. The van der Waals surface area contributed by atoms with E-state index < -0.39 is 5.97 Å². The molecule has 0 fully saturated rings. The number of nitrogens with one attached hydrogen (secondary N) is 1. The quantitative estimate of drug-likeness (QED) is 0.778. The molecule has 0 aliphatic heterocycles. The summed E-state index contributed by atoms with van der Waals surface area (Å²) >= 11 is 0. The summed E-state index contributed by atoms with van der Waals surface area (Å²) in [5.74, 6) is -0.739. The zero-order valence-electron chi connectivity index (χ0n) is 13.9. The first-order valence-electron chi connectivity index (χ1n) is 8.10. The molecule has 23 heavy (non-hydrogen) atoms. The minimum absolute atomic E-state index is 0.160. The minimum atomic E-state index is -0.739. The third-order valence-electron chi connectivity index (χ3n) is 4.24. The van der Waals surface area contributed by atoms with E-state index in [1.54, 1.807) is 0 Å². The largest absolute Gasteiger partial charge is 0.481 e. The highest BCUT2D eigenvalue weighted by molar-refractivity contribution is 5.66. The SMILES string of the molecule is Cc1cccc(C)c1CNC(CCC(=O)O)Cc1ccccc1. The second-order valence-corrected chi connectivity index (χ2v) is 6.07. The highest BCUT2D eigenvalue weighted by Crippen LogP contribution is 2.15. The Balaban J connectivity index is 2.03. The Labute approximate surface area is 138 Å². The predicted molar refractivity (Wildman–Crippen MR) is 93.6 cm³/mol. The molecule has 1 unspecified atom stereocenters. The van der Waals surface area contributed by atoms with Crippen LogP contribution >= 0.6 is 0 Å². The summed E-state index contributed by atoms with van der Waals surface area (Å²) in [6, 6.07) is 16.7. The minimum Gasteiger partial charge on any atom is -0.481 e. The molecule has 0 aromatic heterocycles. The summed E-state index contributed by atoms with van der Waals surface area (Å²) in [4.78, 5) is 10.9. The number of aryl methyl sites for hydroxylation is 2. The molecular formula is C20H25NO2. The van der Waals surface area contributed by atoms with Crippen LogP contribution in [0.2, 0.25) is 0 Å². The summed E-state index contributed by atoms with van der Waals surface area (Å²) in [5, 5.41) is 12.5. The number of aliphatic carboxylic acids is 1. The summed E-state index contributed by atoms with van der Waals surface area (Å²) < 4.78 is 0. The normalized spacial score (nSPS) is 12.1. The van der Waals surface area contributed by atoms with Gasteiger partial charge in [0.1, 0.15) is 0 Å².